The van der Waals surface area contributed by atoms with Crippen LogP contribution in [0.3, 0.4) is 0 Å². The molecule has 2 fully saturated rings. The van der Waals surface area contributed by atoms with Gasteiger partial charge in [-0.2, -0.15) is 0 Å². The molecule has 2 aliphatic rings. The van der Waals surface area contributed by atoms with E-state index in [0.29, 0.717) is 32.7 Å². The molecule has 27 heavy (non-hydrogen) atoms. The Hall–Kier alpha value is -2.12. The number of benzene rings is 1. The third-order valence-corrected chi connectivity index (χ3v) is 5.10. The molecule has 3 rings (SSSR count). The predicted octanol–water partition coefficient (Wildman–Crippen LogP) is 0.882. The summed E-state index contributed by atoms with van der Waals surface area (Å²) in [6, 6.07) is 7.69. The van der Waals surface area contributed by atoms with Crippen LogP contribution in [0.2, 0.25) is 0 Å². The van der Waals surface area contributed by atoms with Gasteiger partial charge in [0.1, 0.15) is 5.75 Å². The Morgan fingerprint density at radius 1 is 1.26 bits per heavy atom. The minimum Gasteiger partial charge on any atom is -0.494 e. The van der Waals surface area contributed by atoms with Gasteiger partial charge in [0, 0.05) is 51.3 Å². The number of likely N-dealkylation sites (tertiary alicyclic amines) is 1. The maximum atomic E-state index is 12.5. The van der Waals surface area contributed by atoms with Gasteiger partial charge in [-0.05, 0) is 13.0 Å². The highest BCUT2D eigenvalue weighted by Gasteiger charge is 2.34. The van der Waals surface area contributed by atoms with E-state index in [4.69, 9.17) is 9.47 Å². The summed E-state index contributed by atoms with van der Waals surface area (Å²) < 4.78 is 10.9. The first-order chi connectivity index (χ1) is 13.2. The molecule has 7 nitrogen and oxygen atoms in total. The van der Waals surface area contributed by atoms with E-state index in [1.54, 1.807) is 0 Å². The zero-order valence-corrected chi connectivity index (χ0v) is 16.0. The van der Waals surface area contributed by atoms with Crippen LogP contribution < -0.4 is 10.1 Å². The number of carbonyl (C=O) groups is 2. The quantitative estimate of drug-likeness (QED) is 0.731. The van der Waals surface area contributed by atoms with Crippen LogP contribution in [0.1, 0.15) is 18.9 Å². The minimum absolute atomic E-state index is 0.0662. The van der Waals surface area contributed by atoms with Gasteiger partial charge in [-0.15, -0.1) is 0 Å². The van der Waals surface area contributed by atoms with E-state index < -0.39 is 0 Å². The van der Waals surface area contributed by atoms with Crippen LogP contribution in [0.25, 0.3) is 0 Å². The van der Waals surface area contributed by atoms with E-state index in [1.807, 2.05) is 36.1 Å². The fourth-order valence-corrected chi connectivity index (χ4v) is 3.52. The molecular weight excluding hydrogens is 346 g/mol. The Bertz CT molecular complexity index is 646. The predicted molar refractivity (Wildman–Crippen MR) is 101 cm³/mol. The average Bonchev–Trinajstić information content (AvgIpc) is 3.07. The van der Waals surface area contributed by atoms with E-state index in [1.165, 1.54) is 0 Å². The lowest BCUT2D eigenvalue weighted by atomic mass is 10.1. The Kier molecular flexibility index (Phi) is 7.06. The normalized spacial score (nSPS) is 20.7. The maximum absolute atomic E-state index is 12.5. The lowest BCUT2D eigenvalue weighted by molar-refractivity contribution is -0.129. The SMILES string of the molecule is CCOc1ccccc1CNC(=O)[C@@H]1CC(=O)N(CCN2CCOCC2)C1. The Balaban J connectivity index is 1.46. The van der Waals surface area contributed by atoms with E-state index >= 15 is 0 Å². The van der Waals surface area contributed by atoms with Gasteiger partial charge in [0.2, 0.25) is 11.8 Å². The van der Waals surface area contributed by atoms with Crippen molar-refractivity contribution in [3.63, 3.8) is 0 Å². The molecule has 148 valence electrons. The molecule has 1 aromatic carbocycles. The second-order valence-corrected chi connectivity index (χ2v) is 6.95. The molecule has 0 saturated carbocycles. The Labute approximate surface area is 160 Å². The Morgan fingerprint density at radius 2 is 2.04 bits per heavy atom. The highest BCUT2D eigenvalue weighted by Crippen LogP contribution is 2.20. The lowest BCUT2D eigenvalue weighted by Gasteiger charge is -2.28. The van der Waals surface area contributed by atoms with Crippen LogP contribution in [-0.4, -0.2) is 74.2 Å². The summed E-state index contributed by atoms with van der Waals surface area (Å²) in [5.74, 6) is 0.512. The van der Waals surface area contributed by atoms with Crippen LogP contribution in [0, 0.1) is 5.92 Å². The van der Waals surface area contributed by atoms with Crippen molar-refractivity contribution >= 4 is 11.8 Å². The van der Waals surface area contributed by atoms with Gasteiger partial charge in [-0.1, -0.05) is 18.2 Å². The van der Waals surface area contributed by atoms with E-state index in [9.17, 15) is 9.59 Å². The lowest BCUT2D eigenvalue weighted by Crippen LogP contribution is -2.42. The standard InChI is InChI=1S/C20H29N3O4/c1-2-27-18-6-4-3-5-16(18)14-21-20(25)17-13-19(24)23(15-17)8-7-22-9-11-26-12-10-22/h3-6,17H,2,7-15H2,1H3,(H,21,25)/t17-/m1/s1. The van der Waals surface area contributed by atoms with Crippen molar-refractivity contribution in [2.45, 2.75) is 19.9 Å². The summed E-state index contributed by atoms with van der Waals surface area (Å²) >= 11 is 0. The second kappa shape index (κ2) is 9.71. The first-order valence-corrected chi connectivity index (χ1v) is 9.73. The summed E-state index contributed by atoms with van der Waals surface area (Å²) in [5.41, 5.74) is 0.946. The van der Waals surface area contributed by atoms with Crippen molar-refractivity contribution in [1.82, 2.24) is 15.1 Å². The molecule has 2 amide bonds. The topological polar surface area (TPSA) is 71.1 Å². The fraction of sp³-hybridized carbons (Fsp3) is 0.600. The maximum Gasteiger partial charge on any atom is 0.225 e. The highest BCUT2D eigenvalue weighted by molar-refractivity contribution is 5.89. The van der Waals surface area contributed by atoms with E-state index in [0.717, 1.165) is 44.2 Å². The number of rotatable bonds is 8. The molecule has 1 atom stereocenters. The summed E-state index contributed by atoms with van der Waals surface area (Å²) in [5, 5.41) is 2.96. The molecule has 2 aliphatic heterocycles. The van der Waals surface area contributed by atoms with Gasteiger partial charge in [-0.3, -0.25) is 14.5 Å². The smallest absolute Gasteiger partial charge is 0.225 e. The van der Waals surface area contributed by atoms with Crippen LogP contribution in [0.5, 0.6) is 5.75 Å². The van der Waals surface area contributed by atoms with Crippen LogP contribution in [0.4, 0.5) is 0 Å². The zero-order valence-electron chi connectivity index (χ0n) is 16.0. The van der Waals surface area contributed by atoms with Gasteiger partial charge in [0.15, 0.2) is 0 Å². The van der Waals surface area contributed by atoms with Crippen molar-refractivity contribution in [2.75, 3.05) is 52.5 Å². The van der Waals surface area contributed by atoms with Gasteiger partial charge in [-0.25, -0.2) is 0 Å². The van der Waals surface area contributed by atoms with Gasteiger partial charge < -0.3 is 19.7 Å². The molecule has 0 spiro atoms. The molecule has 0 bridgehead atoms. The molecule has 0 aromatic heterocycles. The number of carbonyl (C=O) groups excluding carboxylic acids is 2. The number of morpholine rings is 1. The second-order valence-electron chi connectivity index (χ2n) is 6.95. The third-order valence-electron chi connectivity index (χ3n) is 5.10. The van der Waals surface area contributed by atoms with Crippen molar-refractivity contribution < 1.29 is 19.1 Å². The monoisotopic (exact) mass is 375 g/mol. The van der Waals surface area contributed by atoms with Gasteiger partial charge in [0.25, 0.3) is 0 Å². The summed E-state index contributed by atoms with van der Waals surface area (Å²) in [6.07, 6.45) is 0.294. The van der Waals surface area contributed by atoms with Crippen LogP contribution in [0.15, 0.2) is 24.3 Å². The summed E-state index contributed by atoms with van der Waals surface area (Å²) in [4.78, 5) is 28.9. The van der Waals surface area contributed by atoms with Crippen molar-refractivity contribution in [3.8, 4) is 5.75 Å². The molecule has 2 heterocycles. The zero-order chi connectivity index (χ0) is 19.1. The number of amides is 2. The Morgan fingerprint density at radius 3 is 2.81 bits per heavy atom. The molecule has 1 aromatic rings. The minimum atomic E-state index is -0.276. The van der Waals surface area contributed by atoms with Crippen molar-refractivity contribution in [2.24, 2.45) is 5.92 Å². The number of para-hydroxylation sites is 1. The summed E-state index contributed by atoms with van der Waals surface area (Å²) in [6.45, 7) is 8.27. The molecular formula is C20H29N3O4. The van der Waals surface area contributed by atoms with E-state index in [2.05, 4.69) is 10.2 Å². The molecule has 0 unspecified atom stereocenters. The highest BCUT2D eigenvalue weighted by atomic mass is 16.5. The van der Waals surface area contributed by atoms with Crippen molar-refractivity contribution in [1.29, 1.82) is 0 Å². The molecule has 0 radical (unpaired) electrons. The van der Waals surface area contributed by atoms with Gasteiger partial charge in [0.05, 0.1) is 25.7 Å². The molecule has 0 aliphatic carbocycles. The first kappa shape index (κ1) is 19.6. The number of nitrogens with one attached hydrogen (secondary N) is 1. The number of nitrogens with zero attached hydrogens (tertiary/aromatic N) is 2. The number of hydrogen-bond acceptors (Lipinski definition) is 5. The van der Waals surface area contributed by atoms with Crippen LogP contribution >= 0.6 is 0 Å². The largest absolute Gasteiger partial charge is 0.494 e. The molecule has 1 N–H and O–H groups in total. The molecule has 7 heteroatoms. The van der Waals surface area contributed by atoms with Crippen molar-refractivity contribution in [3.05, 3.63) is 29.8 Å². The summed E-state index contributed by atoms with van der Waals surface area (Å²) in [7, 11) is 0. The average molecular weight is 375 g/mol. The van der Waals surface area contributed by atoms with E-state index in [-0.39, 0.29) is 17.7 Å². The number of ether oxygens (including phenoxy) is 2. The number of hydrogen-bond donors (Lipinski definition) is 1. The third kappa shape index (κ3) is 5.43. The van der Waals surface area contributed by atoms with Crippen LogP contribution in [-0.2, 0) is 20.9 Å². The first-order valence-electron chi connectivity index (χ1n) is 9.73. The van der Waals surface area contributed by atoms with Gasteiger partial charge >= 0.3 is 0 Å². The molecule has 2 saturated heterocycles. The fourth-order valence-electron chi connectivity index (χ4n) is 3.52.